The van der Waals surface area contributed by atoms with E-state index in [4.69, 9.17) is 0 Å². The first kappa shape index (κ1) is 51.4. The first-order valence-corrected chi connectivity index (χ1v) is 24.4. The highest BCUT2D eigenvalue weighted by molar-refractivity contribution is 5.87. The molecule has 0 atom stereocenters. The highest BCUT2D eigenvalue weighted by atomic mass is 14.2. The lowest BCUT2D eigenvalue weighted by molar-refractivity contribution is 0.790. The van der Waals surface area contributed by atoms with Crippen LogP contribution in [0.25, 0.3) is 33.0 Å². The molecular formula is C64H82. The van der Waals surface area contributed by atoms with Gasteiger partial charge in [-0.1, -0.05) is 262 Å². The highest BCUT2D eigenvalue weighted by Crippen LogP contribution is 2.33. The molecule has 0 aliphatic rings. The zero-order valence-electron chi connectivity index (χ0n) is 42.6. The van der Waals surface area contributed by atoms with Crippen LogP contribution in [-0.4, -0.2) is 0 Å². The Morgan fingerprint density at radius 1 is 0.188 bits per heavy atom. The van der Waals surface area contributed by atoms with Crippen LogP contribution in [0.15, 0.2) is 158 Å². The first-order valence-electron chi connectivity index (χ1n) is 24.4. The summed E-state index contributed by atoms with van der Waals surface area (Å²) >= 11 is 0. The van der Waals surface area contributed by atoms with E-state index in [1.54, 1.807) is 0 Å². The minimum atomic E-state index is 0.536. The number of hydrogen-bond donors (Lipinski definition) is 0. The van der Waals surface area contributed by atoms with E-state index in [0.29, 0.717) is 47.3 Å². The van der Waals surface area contributed by atoms with Gasteiger partial charge in [-0.25, -0.2) is 0 Å². The molecule has 0 radical (unpaired) electrons. The smallest absolute Gasteiger partial charge is 0.0178 e. The van der Waals surface area contributed by atoms with Crippen molar-refractivity contribution in [1.29, 1.82) is 0 Å². The van der Waals surface area contributed by atoms with Crippen molar-refractivity contribution in [2.45, 2.75) is 158 Å². The third-order valence-electron chi connectivity index (χ3n) is 12.4. The summed E-state index contributed by atoms with van der Waals surface area (Å²) in [6.45, 7) is 36.1. The predicted molar refractivity (Wildman–Crippen MR) is 287 cm³/mol. The lowest BCUT2D eigenvalue weighted by atomic mass is 9.87. The summed E-state index contributed by atoms with van der Waals surface area (Å²) in [6.07, 6.45) is 0. The third kappa shape index (κ3) is 14.4. The molecule has 0 aromatic heterocycles. The minimum absolute atomic E-state index is 0.536. The summed E-state index contributed by atoms with van der Waals surface area (Å²) < 4.78 is 0. The zero-order chi connectivity index (χ0) is 47.1. The third-order valence-corrected chi connectivity index (χ3v) is 12.4. The number of rotatable bonds is 10. The van der Waals surface area contributed by atoms with Crippen molar-refractivity contribution in [3.8, 4) is 22.3 Å². The average Bonchev–Trinajstić information content (AvgIpc) is 3.29. The Hall–Kier alpha value is -5.20. The highest BCUT2D eigenvalue weighted by Gasteiger charge is 2.13. The van der Waals surface area contributed by atoms with Crippen LogP contribution in [0.3, 0.4) is 0 Å². The van der Waals surface area contributed by atoms with Crippen LogP contribution in [0.5, 0.6) is 0 Å². The van der Waals surface area contributed by atoms with Gasteiger partial charge in [0.25, 0.3) is 0 Å². The van der Waals surface area contributed by atoms with Gasteiger partial charge in [-0.3, -0.25) is 0 Å². The summed E-state index contributed by atoms with van der Waals surface area (Å²) in [5.41, 5.74) is 17.0. The average molecular weight is 851 g/mol. The van der Waals surface area contributed by atoms with Crippen LogP contribution in [0, 0.1) is 0 Å². The molecular weight excluding hydrogens is 769 g/mol. The molecule has 0 fully saturated rings. The molecule has 0 saturated carbocycles. The van der Waals surface area contributed by atoms with Gasteiger partial charge in [0.15, 0.2) is 0 Å². The maximum Gasteiger partial charge on any atom is -0.0178 e. The largest absolute Gasteiger partial charge is 0.0620 e. The summed E-state index contributed by atoms with van der Waals surface area (Å²) in [4.78, 5) is 0. The lowest BCUT2D eigenvalue weighted by Crippen LogP contribution is -1.99. The Kier molecular flexibility index (Phi) is 19.9. The predicted octanol–water partition coefficient (Wildman–Crippen LogP) is 20.2. The van der Waals surface area contributed by atoms with E-state index in [1.165, 1.54) is 77.5 Å². The normalized spacial score (nSPS) is 11.3. The molecule has 0 aliphatic carbocycles. The van der Waals surface area contributed by atoms with Crippen LogP contribution < -0.4 is 0 Å². The van der Waals surface area contributed by atoms with Gasteiger partial charge >= 0.3 is 0 Å². The van der Waals surface area contributed by atoms with E-state index in [2.05, 4.69) is 269 Å². The van der Waals surface area contributed by atoms with Crippen molar-refractivity contribution < 1.29 is 0 Å². The molecule has 0 aliphatic heterocycles. The second kappa shape index (κ2) is 24.8. The summed E-state index contributed by atoms with van der Waals surface area (Å²) in [5, 5.41) is 2.57. The Bertz CT molecular complexity index is 2240. The molecule has 0 N–H and O–H groups in total. The van der Waals surface area contributed by atoms with Crippen molar-refractivity contribution in [2.24, 2.45) is 0 Å². The quantitative estimate of drug-likeness (QED) is 0.129. The van der Waals surface area contributed by atoms with E-state index in [1.807, 2.05) is 0 Å². The fraction of sp³-hybridized carbons (Fsp3) is 0.375. The van der Waals surface area contributed by atoms with Crippen molar-refractivity contribution in [1.82, 2.24) is 0 Å². The fourth-order valence-electron chi connectivity index (χ4n) is 8.69. The molecule has 0 nitrogen and oxygen atoms in total. The maximum absolute atomic E-state index is 2.38. The van der Waals surface area contributed by atoms with Crippen molar-refractivity contribution in [3.63, 3.8) is 0 Å². The molecule has 0 amide bonds. The van der Waals surface area contributed by atoms with E-state index in [-0.39, 0.29) is 0 Å². The van der Waals surface area contributed by atoms with E-state index >= 15 is 0 Å². The van der Waals surface area contributed by atoms with Crippen LogP contribution >= 0.6 is 0 Å². The molecule has 64 heavy (non-hydrogen) atoms. The number of benzene rings is 7. The molecule has 0 saturated heterocycles. The summed E-state index contributed by atoms with van der Waals surface area (Å²) in [7, 11) is 0. The van der Waals surface area contributed by atoms with E-state index in [0.717, 1.165) is 0 Å². The zero-order valence-corrected chi connectivity index (χ0v) is 42.6. The molecule has 0 bridgehead atoms. The van der Waals surface area contributed by atoms with Gasteiger partial charge in [0.2, 0.25) is 0 Å². The van der Waals surface area contributed by atoms with Crippen LogP contribution in [0.2, 0.25) is 0 Å². The summed E-state index contributed by atoms with van der Waals surface area (Å²) in [5.74, 6) is 4.95. The molecule has 0 spiro atoms. The molecule has 7 aromatic rings. The van der Waals surface area contributed by atoms with Gasteiger partial charge in [-0.2, -0.15) is 0 Å². The van der Waals surface area contributed by atoms with Crippen molar-refractivity contribution >= 4 is 10.8 Å². The Morgan fingerprint density at radius 2 is 0.422 bits per heavy atom. The molecule has 0 heterocycles. The fourth-order valence-corrected chi connectivity index (χ4v) is 8.69. The first-order chi connectivity index (χ1) is 30.4. The molecule has 0 heteroatoms. The lowest BCUT2D eigenvalue weighted by Gasteiger charge is -2.17. The standard InChI is InChI=1S/C28H28.3C12H18/c1-19(2)27-16-15-26(18-28(27)20(3)4)23-11-9-22(10-12-23)25-14-13-21-7-5-6-8-24(21)17-25;3*1-9(2)11-7-5-6-8-12(11)10(3)4/h5-20H,1-4H3;3*5-10H,1-4H3. The number of fused-ring (bicyclic) bond motifs is 1. The minimum Gasteiger partial charge on any atom is -0.0620 e. The van der Waals surface area contributed by atoms with Crippen LogP contribution in [0.4, 0.5) is 0 Å². The number of hydrogen-bond acceptors (Lipinski definition) is 0. The second-order valence-electron chi connectivity index (χ2n) is 20.1. The molecule has 0 unspecified atom stereocenters. The molecule has 7 aromatic carbocycles. The van der Waals surface area contributed by atoms with Gasteiger partial charge in [-0.15, -0.1) is 0 Å². The van der Waals surface area contributed by atoms with Crippen LogP contribution in [-0.2, 0) is 0 Å². The van der Waals surface area contributed by atoms with Gasteiger partial charge in [0.05, 0.1) is 0 Å². The SMILES string of the molecule is CC(C)c1ccc(-c2ccc(-c3ccc4ccccc4c3)cc2)cc1C(C)C.CC(C)c1ccccc1C(C)C.CC(C)c1ccccc1C(C)C.CC(C)c1ccccc1C(C)C. The Balaban J connectivity index is 0.000000208. The topological polar surface area (TPSA) is 0 Å². The second-order valence-corrected chi connectivity index (χ2v) is 20.1. The Labute approximate surface area is 391 Å². The van der Waals surface area contributed by atoms with Gasteiger partial charge in [0.1, 0.15) is 0 Å². The van der Waals surface area contributed by atoms with Gasteiger partial charge in [0, 0.05) is 0 Å². The molecule has 338 valence electrons. The van der Waals surface area contributed by atoms with Crippen LogP contribution in [0.1, 0.15) is 203 Å². The van der Waals surface area contributed by atoms with Gasteiger partial charge < -0.3 is 0 Å². The monoisotopic (exact) mass is 851 g/mol. The van der Waals surface area contributed by atoms with Gasteiger partial charge in [-0.05, 0) is 131 Å². The summed E-state index contributed by atoms with van der Waals surface area (Å²) in [6, 6.07) is 57.3. The molecule has 7 rings (SSSR count). The van der Waals surface area contributed by atoms with E-state index < -0.39 is 0 Å². The van der Waals surface area contributed by atoms with Crippen molar-refractivity contribution in [2.75, 3.05) is 0 Å². The van der Waals surface area contributed by atoms with E-state index in [9.17, 15) is 0 Å². The maximum atomic E-state index is 2.38. The Morgan fingerprint density at radius 3 is 0.734 bits per heavy atom. The van der Waals surface area contributed by atoms with Crippen molar-refractivity contribution in [3.05, 3.63) is 202 Å².